The molecule has 0 aliphatic carbocycles. The Labute approximate surface area is 157 Å². The first-order chi connectivity index (χ1) is 13.0. The average Bonchev–Trinajstić information content (AvgIpc) is 3.05. The van der Waals surface area contributed by atoms with Gasteiger partial charge in [-0.3, -0.25) is 9.59 Å². The average molecular weight is 366 g/mol. The number of fused-ring (bicyclic) bond motifs is 1. The number of aromatic nitrogens is 1. The number of ether oxygens (including phenoxy) is 2. The molecule has 3 rings (SSSR count). The highest BCUT2D eigenvalue weighted by atomic mass is 16.5. The predicted molar refractivity (Wildman–Crippen MR) is 104 cm³/mol. The van der Waals surface area contributed by atoms with Crippen molar-refractivity contribution in [1.29, 1.82) is 0 Å². The van der Waals surface area contributed by atoms with Crippen LogP contribution < -0.4 is 10.1 Å². The monoisotopic (exact) mass is 366 g/mol. The maximum absolute atomic E-state index is 12.4. The molecule has 1 atom stereocenters. The highest BCUT2D eigenvalue weighted by molar-refractivity contribution is 5.96. The summed E-state index contributed by atoms with van der Waals surface area (Å²) in [5.41, 5.74) is 3.32. The summed E-state index contributed by atoms with van der Waals surface area (Å²) in [6.45, 7) is 3.46. The number of benzene rings is 2. The zero-order valence-corrected chi connectivity index (χ0v) is 15.5. The summed E-state index contributed by atoms with van der Waals surface area (Å²) < 4.78 is 10.6. The Kier molecular flexibility index (Phi) is 5.45. The van der Waals surface area contributed by atoms with Gasteiger partial charge in [-0.25, -0.2) is 0 Å². The fraction of sp³-hybridized carbons (Fsp3) is 0.238. The van der Waals surface area contributed by atoms with E-state index in [1.54, 1.807) is 25.3 Å². The molecular formula is C21H22N2O4. The molecule has 6 nitrogen and oxygen atoms in total. The van der Waals surface area contributed by atoms with E-state index in [1.165, 1.54) is 7.11 Å². The number of esters is 1. The lowest BCUT2D eigenvalue weighted by atomic mass is 10.1. The van der Waals surface area contributed by atoms with Gasteiger partial charge in [-0.15, -0.1) is 0 Å². The van der Waals surface area contributed by atoms with Crippen LogP contribution in [0.15, 0.2) is 48.7 Å². The second kappa shape index (κ2) is 7.95. The van der Waals surface area contributed by atoms with Crippen LogP contribution in [-0.2, 0) is 20.7 Å². The molecule has 0 fully saturated rings. The van der Waals surface area contributed by atoms with Crippen LogP contribution >= 0.6 is 0 Å². The molecule has 6 heteroatoms. The van der Waals surface area contributed by atoms with E-state index in [2.05, 4.69) is 10.3 Å². The smallest absolute Gasteiger partial charge is 0.311 e. The van der Waals surface area contributed by atoms with Gasteiger partial charge in [0.1, 0.15) is 5.75 Å². The first-order valence-corrected chi connectivity index (χ1v) is 8.68. The number of hydrogen-bond acceptors (Lipinski definition) is 4. The molecule has 3 aromatic rings. The number of amides is 1. The number of nitrogens with one attached hydrogen (secondary N) is 2. The van der Waals surface area contributed by atoms with Crippen molar-refractivity contribution in [2.24, 2.45) is 0 Å². The van der Waals surface area contributed by atoms with Gasteiger partial charge in [-0.2, -0.15) is 0 Å². The first-order valence-electron chi connectivity index (χ1n) is 8.68. The van der Waals surface area contributed by atoms with Crippen molar-refractivity contribution >= 4 is 28.5 Å². The Morgan fingerprint density at radius 2 is 1.96 bits per heavy atom. The van der Waals surface area contributed by atoms with Gasteiger partial charge in [-0.05, 0) is 43.2 Å². The predicted octanol–water partition coefficient (Wildman–Crippen LogP) is 3.60. The lowest BCUT2D eigenvalue weighted by molar-refractivity contribution is -0.152. The van der Waals surface area contributed by atoms with E-state index in [1.807, 2.05) is 37.3 Å². The van der Waals surface area contributed by atoms with Crippen molar-refractivity contribution in [2.75, 3.05) is 12.4 Å². The van der Waals surface area contributed by atoms with Crippen LogP contribution in [0.3, 0.4) is 0 Å². The Morgan fingerprint density at radius 1 is 1.19 bits per heavy atom. The van der Waals surface area contributed by atoms with Crippen LogP contribution in [0.2, 0.25) is 0 Å². The largest absolute Gasteiger partial charge is 0.495 e. The first kappa shape index (κ1) is 18.5. The minimum Gasteiger partial charge on any atom is -0.495 e. The third-order valence-corrected chi connectivity index (χ3v) is 4.30. The summed E-state index contributed by atoms with van der Waals surface area (Å²) in [4.78, 5) is 27.8. The number of aryl methyl sites for hydroxylation is 1. The Bertz CT molecular complexity index is 977. The van der Waals surface area contributed by atoms with Gasteiger partial charge in [0.15, 0.2) is 6.10 Å². The minimum atomic E-state index is -0.923. The number of methoxy groups -OCH3 is 1. The molecule has 0 unspecified atom stereocenters. The Hall–Kier alpha value is -3.28. The number of anilines is 1. The highest BCUT2D eigenvalue weighted by Crippen LogP contribution is 2.25. The molecular weight excluding hydrogens is 344 g/mol. The molecule has 0 bridgehead atoms. The molecule has 0 aliphatic rings. The molecule has 0 saturated heterocycles. The third kappa shape index (κ3) is 4.28. The zero-order valence-electron chi connectivity index (χ0n) is 15.5. The SMILES string of the molecule is COc1ccc(C)cc1NC(=O)[C@H](C)OC(=O)Cc1c[nH]c2ccccc12. The van der Waals surface area contributed by atoms with Gasteiger partial charge in [0.25, 0.3) is 5.91 Å². The van der Waals surface area contributed by atoms with Crippen LogP contribution in [0.1, 0.15) is 18.1 Å². The van der Waals surface area contributed by atoms with Gasteiger partial charge in [0.2, 0.25) is 0 Å². The van der Waals surface area contributed by atoms with E-state index in [0.29, 0.717) is 11.4 Å². The zero-order chi connectivity index (χ0) is 19.4. The third-order valence-electron chi connectivity index (χ3n) is 4.30. The second-order valence-electron chi connectivity index (χ2n) is 6.36. The molecule has 2 aromatic carbocycles. The van der Waals surface area contributed by atoms with E-state index in [-0.39, 0.29) is 6.42 Å². The molecule has 0 aliphatic heterocycles. The summed E-state index contributed by atoms with van der Waals surface area (Å²) in [7, 11) is 1.53. The lowest BCUT2D eigenvalue weighted by Crippen LogP contribution is -2.30. The van der Waals surface area contributed by atoms with Gasteiger partial charge >= 0.3 is 5.97 Å². The summed E-state index contributed by atoms with van der Waals surface area (Å²) in [5.74, 6) is -0.323. The van der Waals surface area contributed by atoms with Crippen LogP contribution in [0.25, 0.3) is 10.9 Å². The molecule has 0 radical (unpaired) electrons. The normalized spacial score (nSPS) is 11.8. The number of para-hydroxylation sites is 1. The molecule has 27 heavy (non-hydrogen) atoms. The van der Waals surface area contributed by atoms with Crippen molar-refractivity contribution in [3.05, 3.63) is 59.8 Å². The quantitative estimate of drug-likeness (QED) is 0.653. The maximum Gasteiger partial charge on any atom is 0.311 e. The number of hydrogen-bond donors (Lipinski definition) is 2. The fourth-order valence-corrected chi connectivity index (χ4v) is 2.88. The van der Waals surface area contributed by atoms with Crippen molar-refractivity contribution in [2.45, 2.75) is 26.4 Å². The minimum absolute atomic E-state index is 0.0927. The van der Waals surface area contributed by atoms with Crippen molar-refractivity contribution in [3.63, 3.8) is 0 Å². The van der Waals surface area contributed by atoms with Crippen LogP contribution in [0.4, 0.5) is 5.69 Å². The summed E-state index contributed by atoms with van der Waals surface area (Å²) in [5, 5.41) is 3.72. The van der Waals surface area contributed by atoms with Crippen LogP contribution in [0.5, 0.6) is 5.75 Å². The second-order valence-corrected chi connectivity index (χ2v) is 6.36. The molecule has 0 saturated carbocycles. The van der Waals surface area contributed by atoms with Gasteiger partial charge in [-0.1, -0.05) is 24.3 Å². The number of carbonyl (C=O) groups is 2. The number of carbonyl (C=O) groups excluding carboxylic acids is 2. The van der Waals surface area contributed by atoms with Crippen molar-refractivity contribution in [1.82, 2.24) is 4.98 Å². The molecule has 1 aromatic heterocycles. The van der Waals surface area contributed by atoms with Gasteiger partial charge in [0.05, 0.1) is 19.2 Å². The van der Waals surface area contributed by atoms with Gasteiger partial charge in [0, 0.05) is 17.1 Å². The van der Waals surface area contributed by atoms with Crippen LogP contribution in [-0.4, -0.2) is 30.1 Å². The molecule has 2 N–H and O–H groups in total. The number of H-pyrrole nitrogens is 1. The molecule has 140 valence electrons. The van der Waals surface area contributed by atoms with E-state index in [0.717, 1.165) is 22.0 Å². The molecule has 1 heterocycles. The standard InChI is InChI=1S/C21H22N2O4/c1-13-8-9-19(26-3)18(10-13)23-21(25)14(2)27-20(24)11-15-12-22-17-7-5-4-6-16(15)17/h4-10,12,14,22H,11H2,1-3H3,(H,23,25)/t14-/m0/s1. The molecule has 1 amide bonds. The Morgan fingerprint density at radius 3 is 2.74 bits per heavy atom. The number of rotatable bonds is 6. The van der Waals surface area contributed by atoms with Crippen LogP contribution in [0, 0.1) is 6.92 Å². The van der Waals surface area contributed by atoms with E-state index in [4.69, 9.17) is 9.47 Å². The maximum atomic E-state index is 12.4. The summed E-state index contributed by atoms with van der Waals surface area (Å²) >= 11 is 0. The number of aromatic amines is 1. The van der Waals surface area contributed by atoms with Crippen molar-refractivity contribution in [3.8, 4) is 5.75 Å². The topological polar surface area (TPSA) is 80.4 Å². The van der Waals surface area contributed by atoms with Crippen molar-refractivity contribution < 1.29 is 19.1 Å². The van der Waals surface area contributed by atoms with Gasteiger partial charge < -0.3 is 19.8 Å². The van der Waals surface area contributed by atoms with E-state index >= 15 is 0 Å². The fourth-order valence-electron chi connectivity index (χ4n) is 2.88. The molecule has 0 spiro atoms. The van der Waals surface area contributed by atoms with E-state index < -0.39 is 18.0 Å². The Balaban J connectivity index is 1.62. The van der Waals surface area contributed by atoms with E-state index in [9.17, 15) is 9.59 Å². The highest BCUT2D eigenvalue weighted by Gasteiger charge is 2.20. The lowest BCUT2D eigenvalue weighted by Gasteiger charge is -2.15. The summed E-state index contributed by atoms with van der Waals surface area (Å²) in [6, 6.07) is 13.2. The summed E-state index contributed by atoms with van der Waals surface area (Å²) in [6.07, 6.45) is 0.955.